The number of rotatable bonds is 7. The second-order valence-electron chi connectivity index (χ2n) is 6.23. The van der Waals surface area contributed by atoms with Gasteiger partial charge in [0.05, 0.1) is 19.9 Å². The van der Waals surface area contributed by atoms with Crippen molar-refractivity contribution in [3.63, 3.8) is 0 Å². The van der Waals surface area contributed by atoms with Crippen LogP contribution >= 0.6 is 0 Å². The topological polar surface area (TPSA) is 69.7 Å². The molecule has 1 aromatic rings. The summed E-state index contributed by atoms with van der Waals surface area (Å²) in [6.07, 6.45) is 1.97. The Hall–Kier alpha value is -1.98. The van der Waals surface area contributed by atoms with Gasteiger partial charge in [0, 0.05) is 18.5 Å². The number of hydrogen-bond donors (Lipinski definition) is 1. The number of hydrogen-bond acceptors (Lipinski definition) is 5. The van der Waals surface area contributed by atoms with Gasteiger partial charge in [0.1, 0.15) is 11.4 Å². The average molecular weight is 324 g/mol. The maximum absolute atomic E-state index is 11.7. The molecule has 1 heterocycles. The van der Waals surface area contributed by atoms with Crippen LogP contribution in [0.15, 0.2) is 6.07 Å². The van der Waals surface area contributed by atoms with Gasteiger partial charge in [-0.05, 0) is 33.3 Å². The standard InChI is InChI=1S/C17H28N2O4/c1-7-8-12-11-14(21-5)13(19-15(12)22-6)9-10-18-16(20)23-17(2,3)4/h11H,7-10H2,1-6H3,(H,18,20). The van der Waals surface area contributed by atoms with Gasteiger partial charge in [-0.25, -0.2) is 9.78 Å². The number of nitrogens with one attached hydrogen (secondary N) is 1. The Kier molecular flexibility index (Phi) is 7.13. The van der Waals surface area contributed by atoms with Crippen molar-refractivity contribution in [3.8, 4) is 11.6 Å². The molecule has 0 saturated carbocycles. The molecule has 130 valence electrons. The van der Waals surface area contributed by atoms with Crippen molar-refractivity contribution in [1.82, 2.24) is 10.3 Å². The van der Waals surface area contributed by atoms with Crippen LogP contribution in [-0.2, 0) is 17.6 Å². The van der Waals surface area contributed by atoms with Crippen molar-refractivity contribution in [2.75, 3.05) is 20.8 Å². The van der Waals surface area contributed by atoms with Crippen LogP contribution in [0.3, 0.4) is 0 Å². The second kappa shape index (κ2) is 8.60. The molecule has 0 spiro atoms. The minimum atomic E-state index is -0.509. The van der Waals surface area contributed by atoms with Crippen molar-refractivity contribution in [3.05, 3.63) is 17.3 Å². The lowest BCUT2D eigenvalue weighted by Crippen LogP contribution is -2.33. The second-order valence-corrected chi connectivity index (χ2v) is 6.23. The van der Waals surface area contributed by atoms with Gasteiger partial charge in [0.15, 0.2) is 0 Å². The molecule has 1 N–H and O–H groups in total. The fourth-order valence-corrected chi connectivity index (χ4v) is 2.13. The van der Waals surface area contributed by atoms with Crippen LogP contribution in [0.5, 0.6) is 11.6 Å². The van der Waals surface area contributed by atoms with Gasteiger partial charge in [-0.3, -0.25) is 0 Å². The summed E-state index contributed by atoms with van der Waals surface area (Å²) < 4.78 is 16.0. The predicted octanol–water partition coefficient (Wildman–Crippen LogP) is 3.12. The first-order valence-electron chi connectivity index (χ1n) is 7.88. The minimum Gasteiger partial charge on any atom is -0.495 e. The minimum absolute atomic E-state index is 0.411. The highest BCUT2D eigenvalue weighted by Gasteiger charge is 2.17. The van der Waals surface area contributed by atoms with Crippen LogP contribution in [0.2, 0.25) is 0 Å². The molecule has 0 aliphatic carbocycles. The SMILES string of the molecule is CCCc1cc(OC)c(CCNC(=O)OC(C)(C)C)nc1OC. The summed E-state index contributed by atoms with van der Waals surface area (Å²) >= 11 is 0. The molecule has 0 radical (unpaired) electrons. The summed E-state index contributed by atoms with van der Waals surface area (Å²) in [5.41, 5.74) is 1.27. The lowest BCUT2D eigenvalue weighted by atomic mass is 10.1. The zero-order valence-electron chi connectivity index (χ0n) is 15.0. The van der Waals surface area contributed by atoms with Crippen molar-refractivity contribution < 1.29 is 19.0 Å². The van der Waals surface area contributed by atoms with Crippen molar-refractivity contribution >= 4 is 6.09 Å². The number of ether oxygens (including phenoxy) is 3. The zero-order valence-corrected chi connectivity index (χ0v) is 15.0. The Bertz CT molecular complexity index is 524. The summed E-state index contributed by atoms with van der Waals surface area (Å²) in [5.74, 6) is 1.32. The number of amides is 1. The normalized spacial score (nSPS) is 11.0. The quantitative estimate of drug-likeness (QED) is 0.834. The lowest BCUT2D eigenvalue weighted by molar-refractivity contribution is 0.0528. The van der Waals surface area contributed by atoms with Crippen LogP contribution in [0, 0.1) is 0 Å². The van der Waals surface area contributed by atoms with Crippen LogP contribution in [0.25, 0.3) is 0 Å². The number of nitrogens with zero attached hydrogens (tertiary/aromatic N) is 1. The number of aromatic nitrogens is 1. The first-order chi connectivity index (χ1) is 10.8. The first-order valence-corrected chi connectivity index (χ1v) is 7.88. The Balaban J connectivity index is 2.74. The molecule has 0 atom stereocenters. The van der Waals surface area contributed by atoms with Gasteiger partial charge < -0.3 is 19.5 Å². The molecular weight excluding hydrogens is 296 g/mol. The summed E-state index contributed by atoms with van der Waals surface area (Å²) in [6, 6.07) is 1.96. The van der Waals surface area contributed by atoms with E-state index in [1.807, 2.05) is 26.8 Å². The van der Waals surface area contributed by atoms with Gasteiger partial charge >= 0.3 is 6.09 Å². The van der Waals surface area contributed by atoms with E-state index in [4.69, 9.17) is 14.2 Å². The van der Waals surface area contributed by atoms with E-state index in [0.29, 0.717) is 24.6 Å². The summed E-state index contributed by atoms with van der Waals surface area (Å²) in [5, 5.41) is 2.72. The van der Waals surface area contributed by atoms with Gasteiger partial charge in [-0.2, -0.15) is 0 Å². The highest BCUT2D eigenvalue weighted by atomic mass is 16.6. The van der Waals surface area contributed by atoms with E-state index in [0.717, 1.165) is 24.1 Å². The summed E-state index contributed by atoms with van der Waals surface area (Å²) in [4.78, 5) is 16.2. The number of alkyl carbamates (subject to hydrolysis) is 1. The maximum Gasteiger partial charge on any atom is 0.407 e. The number of methoxy groups -OCH3 is 2. The van der Waals surface area contributed by atoms with Crippen molar-refractivity contribution in [2.24, 2.45) is 0 Å². The molecule has 6 nitrogen and oxygen atoms in total. The van der Waals surface area contributed by atoms with E-state index >= 15 is 0 Å². The molecule has 0 aromatic carbocycles. The van der Waals surface area contributed by atoms with E-state index in [-0.39, 0.29) is 0 Å². The maximum atomic E-state index is 11.7. The van der Waals surface area contributed by atoms with Crippen LogP contribution in [0.4, 0.5) is 4.79 Å². The highest BCUT2D eigenvalue weighted by Crippen LogP contribution is 2.26. The van der Waals surface area contributed by atoms with E-state index in [1.54, 1.807) is 14.2 Å². The molecule has 0 aliphatic rings. The third-order valence-electron chi connectivity index (χ3n) is 3.06. The molecule has 0 bridgehead atoms. The van der Waals surface area contributed by atoms with E-state index in [9.17, 15) is 4.79 Å². The van der Waals surface area contributed by atoms with E-state index in [2.05, 4.69) is 17.2 Å². The van der Waals surface area contributed by atoms with E-state index in [1.165, 1.54) is 0 Å². The molecule has 1 amide bonds. The molecule has 6 heteroatoms. The first kappa shape index (κ1) is 19.1. The third kappa shape index (κ3) is 6.34. The number of pyridine rings is 1. The molecule has 1 rings (SSSR count). The van der Waals surface area contributed by atoms with E-state index < -0.39 is 11.7 Å². The van der Waals surface area contributed by atoms with Gasteiger partial charge in [-0.1, -0.05) is 13.3 Å². The molecule has 0 fully saturated rings. The lowest BCUT2D eigenvalue weighted by Gasteiger charge is -2.19. The van der Waals surface area contributed by atoms with Crippen LogP contribution in [0.1, 0.15) is 45.4 Å². The van der Waals surface area contributed by atoms with Crippen LogP contribution < -0.4 is 14.8 Å². The smallest absolute Gasteiger partial charge is 0.407 e. The number of carbonyl (C=O) groups excluding carboxylic acids is 1. The molecular formula is C17H28N2O4. The van der Waals surface area contributed by atoms with Crippen molar-refractivity contribution in [1.29, 1.82) is 0 Å². The van der Waals surface area contributed by atoms with Crippen molar-refractivity contribution in [2.45, 2.75) is 52.6 Å². The Labute approximate surface area is 138 Å². The molecule has 0 aliphatic heterocycles. The predicted molar refractivity (Wildman–Crippen MR) is 89.3 cm³/mol. The Morgan fingerprint density at radius 2 is 1.91 bits per heavy atom. The monoisotopic (exact) mass is 324 g/mol. The van der Waals surface area contributed by atoms with Gasteiger partial charge in [0.25, 0.3) is 0 Å². The Morgan fingerprint density at radius 1 is 1.22 bits per heavy atom. The summed E-state index contributed by atoms with van der Waals surface area (Å²) in [7, 11) is 3.22. The fraction of sp³-hybridized carbons (Fsp3) is 0.647. The summed E-state index contributed by atoms with van der Waals surface area (Å²) in [6.45, 7) is 8.00. The molecule has 0 unspecified atom stereocenters. The Morgan fingerprint density at radius 3 is 2.43 bits per heavy atom. The number of aryl methyl sites for hydroxylation is 1. The number of carbonyl (C=O) groups is 1. The molecule has 0 saturated heterocycles. The average Bonchev–Trinajstić information content (AvgIpc) is 2.46. The largest absolute Gasteiger partial charge is 0.495 e. The van der Waals surface area contributed by atoms with Gasteiger partial charge in [-0.15, -0.1) is 0 Å². The molecule has 23 heavy (non-hydrogen) atoms. The highest BCUT2D eigenvalue weighted by molar-refractivity contribution is 5.67. The fourth-order valence-electron chi connectivity index (χ4n) is 2.13. The third-order valence-corrected chi connectivity index (χ3v) is 3.06. The zero-order chi connectivity index (χ0) is 17.5. The van der Waals surface area contributed by atoms with Gasteiger partial charge in [0.2, 0.25) is 5.88 Å². The molecule has 1 aromatic heterocycles. The van der Waals surface area contributed by atoms with Crippen LogP contribution in [-0.4, -0.2) is 37.4 Å².